The van der Waals surface area contributed by atoms with Crippen molar-refractivity contribution in [2.75, 3.05) is 17.7 Å². The van der Waals surface area contributed by atoms with Gasteiger partial charge in [-0.3, -0.25) is 9.59 Å². The lowest BCUT2D eigenvalue weighted by atomic mass is 9.92. The molecule has 0 radical (unpaired) electrons. The zero-order chi connectivity index (χ0) is 21.4. The molecule has 0 aromatic heterocycles. The molecule has 1 atom stereocenters. The van der Waals surface area contributed by atoms with Crippen LogP contribution in [0.15, 0.2) is 53.4 Å². The van der Waals surface area contributed by atoms with E-state index in [9.17, 15) is 9.59 Å². The number of carbonyl (C=O) groups excluding carboxylic acids is 2. The first-order valence-electron chi connectivity index (χ1n) is 9.71. The Labute approximate surface area is 177 Å². The standard InChI is InChI=1S/C23H30N2O3S/c1-6-20(22(27)25-16-10-12-18(28-5)13-11-16)29-19-9-7-8-17(14-19)24-21(26)15-23(2,3)4/h7-14,20H,6,15H2,1-5H3,(H,24,26)(H,25,27). The molecule has 2 amide bonds. The predicted octanol–water partition coefficient (Wildman–Crippen LogP) is 5.58. The van der Waals surface area contributed by atoms with Crippen molar-refractivity contribution in [3.05, 3.63) is 48.5 Å². The van der Waals surface area contributed by atoms with Gasteiger partial charge in [-0.15, -0.1) is 11.8 Å². The van der Waals surface area contributed by atoms with E-state index in [0.29, 0.717) is 12.8 Å². The number of amides is 2. The summed E-state index contributed by atoms with van der Waals surface area (Å²) in [4.78, 5) is 25.8. The Bertz CT molecular complexity index is 829. The smallest absolute Gasteiger partial charge is 0.237 e. The largest absolute Gasteiger partial charge is 0.497 e. The van der Waals surface area contributed by atoms with E-state index < -0.39 is 0 Å². The van der Waals surface area contributed by atoms with Crippen molar-refractivity contribution in [2.45, 2.75) is 50.7 Å². The normalized spacial score (nSPS) is 12.2. The molecule has 0 fully saturated rings. The summed E-state index contributed by atoms with van der Waals surface area (Å²) in [6, 6.07) is 14.9. The summed E-state index contributed by atoms with van der Waals surface area (Å²) in [6.45, 7) is 8.09. The highest BCUT2D eigenvalue weighted by molar-refractivity contribution is 8.00. The first-order chi connectivity index (χ1) is 13.7. The molecular formula is C23H30N2O3S. The molecular weight excluding hydrogens is 384 g/mol. The van der Waals surface area contributed by atoms with Crippen LogP contribution >= 0.6 is 11.8 Å². The summed E-state index contributed by atoms with van der Waals surface area (Å²) >= 11 is 1.49. The van der Waals surface area contributed by atoms with Gasteiger partial charge in [0.2, 0.25) is 11.8 Å². The van der Waals surface area contributed by atoms with Gasteiger partial charge in [-0.2, -0.15) is 0 Å². The average molecular weight is 415 g/mol. The van der Waals surface area contributed by atoms with E-state index >= 15 is 0 Å². The fraction of sp³-hybridized carbons (Fsp3) is 0.391. The number of carbonyl (C=O) groups is 2. The first kappa shape index (κ1) is 22.8. The lowest BCUT2D eigenvalue weighted by Gasteiger charge is -2.18. The van der Waals surface area contributed by atoms with Crippen molar-refractivity contribution in [1.29, 1.82) is 0 Å². The molecule has 0 heterocycles. The average Bonchev–Trinajstić information content (AvgIpc) is 2.65. The van der Waals surface area contributed by atoms with E-state index in [1.165, 1.54) is 11.8 Å². The van der Waals surface area contributed by atoms with Crippen molar-refractivity contribution >= 4 is 35.0 Å². The molecule has 0 saturated carbocycles. The van der Waals surface area contributed by atoms with Crippen LogP contribution in [0.4, 0.5) is 11.4 Å². The Morgan fingerprint density at radius 2 is 1.72 bits per heavy atom. The van der Waals surface area contributed by atoms with Crippen molar-refractivity contribution in [2.24, 2.45) is 5.41 Å². The topological polar surface area (TPSA) is 67.4 Å². The Morgan fingerprint density at radius 1 is 1.03 bits per heavy atom. The molecule has 29 heavy (non-hydrogen) atoms. The minimum atomic E-state index is -0.238. The van der Waals surface area contributed by atoms with E-state index in [-0.39, 0.29) is 22.5 Å². The minimum absolute atomic E-state index is 0.0102. The molecule has 0 aliphatic rings. The predicted molar refractivity (Wildman–Crippen MR) is 121 cm³/mol. The second-order valence-corrected chi connectivity index (χ2v) is 9.32. The van der Waals surface area contributed by atoms with Gasteiger partial charge in [-0.1, -0.05) is 33.8 Å². The third-order valence-corrected chi connectivity index (χ3v) is 5.47. The van der Waals surface area contributed by atoms with Crippen LogP contribution < -0.4 is 15.4 Å². The molecule has 2 aromatic carbocycles. The molecule has 2 aromatic rings. The van der Waals surface area contributed by atoms with Gasteiger partial charge < -0.3 is 15.4 Å². The molecule has 0 spiro atoms. The first-order valence-corrected chi connectivity index (χ1v) is 10.6. The maximum atomic E-state index is 12.7. The molecule has 0 saturated heterocycles. The fourth-order valence-corrected chi connectivity index (χ4v) is 3.73. The van der Waals surface area contributed by atoms with Crippen LogP contribution in [0.2, 0.25) is 0 Å². The zero-order valence-corrected chi connectivity index (χ0v) is 18.6. The van der Waals surface area contributed by atoms with Crippen LogP contribution in [0.5, 0.6) is 5.75 Å². The Morgan fingerprint density at radius 3 is 2.31 bits per heavy atom. The maximum Gasteiger partial charge on any atom is 0.237 e. The number of hydrogen-bond acceptors (Lipinski definition) is 4. The van der Waals surface area contributed by atoms with Crippen LogP contribution in [0.25, 0.3) is 0 Å². The molecule has 0 aliphatic heterocycles. The van der Waals surface area contributed by atoms with Crippen LogP contribution in [-0.2, 0) is 9.59 Å². The summed E-state index contributed by atoms with van der Waals surface area (Å²) in [5.41, 5.74) is 1.41. The van der Waals surface area contributed by atoms with E-state index in [2.05, 4.69) is 10.6 Å². The third kappa shape index (κ3) is 7.81. The fourth-order valence-electron chi connectivity index (χ4n) is 2.72. The number of ether oxygens (including phenoxy) is 1. The summed E-state index contributed by atoms with van der Waals surface area (Å²) in [7, 11) is 1.61. The Balaban J connectivity index is 2.00. The summed E-state index contributed by atoms with van der Waals surface area (Å²) in [6.07, 6.45) is 1.14. The maximum absolute atomic E-state index is 12.7. The van der Waals surface area contributed by atoms with E-state index in [1.54, 1.807) is 7.11 Å². The number of hydrogen-bond donors (Lipinski definition) is 2. The zero-order valence-electron chi connectivity index (χ0n) is 17.7. The highest BCUT2D eigenvalue weighted by atomic mass is 32.2. The third-order valence-electron chi connectivity index (χ3n) is 4.11. The number of methoxy groups -OCH3 is 1. The van der Waals surface area contributed by atoms with Crippen LogP contribution in [0.3, 0.4) is 0 Å². The molecule has 156 valence electrons. The van der Waals surface area contributed by atoms with Gasteiger partial charge in [-0.05, 0) is 54.3 Å². The summed E-state index contributed by atoms with van der Waals surface area (Å²) in [5.74, 6) is 0.684. The number of anilines is 2. The minimum Gasteiger partial charge on any atom is -0.497 e. The molecule has 5 nitrogen and oxygen atoms in total. The second-order valence-electron chi connectivity index (χ2n) is 8.05. The van der Waals surface area contributed by atoms with Gasteiger partial charge in [0.25, 0.3) is 0 Å². The summed E-state index contributed by atoms with van der Waals surface area (Å²) in [5, 5.41) is 5.66. The van der Waals surface area contributed by atoms with Gasteiger partial charge >= 0.3 is 0 Å². The van der Waals surface area contributed by atoms with E-state index in [4.69, 9.17) is 4.74 Å². The van der Waals surface area contributed by atoms with Crippen LogP contribution in [0.1, 0.15) is 40.5 Å². The van der Waals surface area contributed by atoms with Gasteiger partial charge in [0.15, 0.2) is 0 Å². The molecule has 2 rings (SSSR count). The number of thioether (sulfide) groups is 1. The van der Waals surface area contributed by atoms with Crippen molar-refractivity contribution in [3.63, 3.8) is 0 Å². The number of rotatable bonds is 8. The lowest BCUT2D eigenvalue weighted by Crippen LogP contribution is -2.24. The SMILES string of the molecule is CCC(Sc1cccc(NC(=O)CC(C)(C)C)c1)C(=O)Nc1ccc(OC)cc1. The van der Waals surface area contributed by atoms with Crippen molar-refractivity contribution in [1.82, 2.24) is 0 Å². The van der Waals surface area contributed by atoms with Crippen LogP contribution in [-0.4, -0.2) is 24.2 Å². The Hall–Kier alpha value is -2.47. The van der Waals surface area contributed by atoms with Gasteiger partial charge in [0.1, 0.15) is 5.75 Å². The van der Waals surface area contributed by atoms with Crippen molar-refractivity contribution < 1.29 is 14.3 Å². The van der Waals surface area contributed by atoms with Gasteiger partial charge in [0, 0.05) is 22.7 Å². The molecule has 2 N–H and O–H groups in total. The molecule has 6 heteroatoms. The molecule has 0 bridgehead atoms. The van der Waals surface area contributed by atoms with Gasteiger partial charge in [0.05, 0.1) is 12.4 Å². The quantitative estimate of drug-likeness (QED) is 0.553. The highest BCUT2D eigenvalue weighted by Crippen LogP contribution is 2.29. The number of nitrogens with one attached hydrogen (secondary N) is 2. The Kier molecular flexibility index (Phi) is 8.14. The second kappa shape index (κ2) is 10.3. The summed E-state index contributed by atoms with van der Waals surface area (Å²) < 4.78 is 5.14. The van der Waals surface area contributed by atoms with Crippen molar-refractivity contribution in [3.8, 4) is 5.75 Å². The number of benzene rings is 2. The monoisotopic (exact) mass is 414 g/mol. The molecule has 0 aliphatic carbocycles. The highest BCUT2D eigenvalue weighted by Gasteiger charge is 2.19. The lowest BCUT2D eigenvalue weighted by molar-refractivity contribution is -0.118. The van der Waals surface area contributed by atoms with E-state index in [1.807, 2.05) is 76.2 Å². The van der Waals surface area contributed by atoms with Crippen LogP contribution in [0, 0.1) is 5.41 Å². The van der Waals surface area contributed by atoms with Gasteiger partial charge in [-0.25, -0.2) is 0 Å². The van der Waals surface area contributed by atoms with E-state index in [0.717, 1.165) is 22.0 Å². The molecule has 1 unspecified atom stereocenters.